The average molecular weight is 335 g/mol. The Morgan fingerprint density at radius 3 is 2.05 bits per heavy atom. The summed E-state index contributed by atoms with van der Waals surface area (Å²) in [6, 6.07) is 0. The zero-order valence-electron chi connectivity index (χ0n) is 13.4. The molecule has 1 aliphatic rings. The van der Waals surface area contributed by atoms with Crippen LogP contribution in [0.4, 0.5) is 0 Å². The van der Waals surface area contributed by atoms with E-state index in [4.69, 9.17) is 4.74 Å². The lowest BCUT2D eigenvalue weighted by molar-refractivity contribution is -0.151. The largest absolute Gasteiger partial charge is 0.466 e. The van der Waals surface area contributed by atoms with Gasteiger partial charge in [-0.2, -0.15) is 0 Å². The van der Waals surface area contributed by atoms with Gasteiger partial charge in [0.15, 0.2) is 0 Å². The summed E-state index contributed by atoms with van der Waals surface area (Å²) in [4.78, 5) is 45.1. The minimum absolute atomic E-state index is 0.0877. The summed E-state index contributed by atoms with van der Waals surface area (Å²) in [6.07, 6.45) is 1.11. The van der Waals surface area contributed by atoms with E-state index in [9.17, 15) is 23.9 Å². The van der Waals surface area contributed by atoms with Crippen molar-refractivity contribution in [2.75, 3.05) is 19.7 Å². The third kappa shape index (κ3) is 3.70. The van der Waals surface area contributed by atoms with Crippen molar-refractivity contribution in [3.63, 3.8) is 0 Å². The maximum Gasteiger partial charge on any atom is 0.340 e. The molecule has 0 bridgehead atoms. The monoisotopic (exact) mass is 335 g/mol. The van der Waals surface area contributed by atoms with E-state index in [0.717, 1.165) is 0 Å². The van der Waals surface area contributed by atoms with Gasteiger partial charge >= 0.3 is 13.6 Å². The first kappa shape index (κ1) is 19.1. The Hall–Kier alpha value is -0.910. The number of esters is 1. The number of likely N-dealkylation sites (tertiary alicyclic amines) is 1. The van der Waals surface area contributed by atoms with Crippen LogP contribution in [0.25, 0.3) is 0 Å². The van der Waals surface area contributed by atoms with E-state index in [0.29, 0.717) is 32.5 Å². The molecule has 8 heteroatoms. The van der Waals surface area contributed by atoms with Crippen molar-refractivity contribution < 1.29 is 28.7 Å². The standard InChI is InChI=1S/C14H26NO6P/c1-4-14(5-2,22(18,19)20)13(17)15-9-7-11(8-10-15)12(16)21-6-3/h11H,4-10H2,1-3H3,(H2,18,19,20). The molecule has 1 heterocycles. The van der Waals surface area contributed by atoms with Crippen molar-refractivity contribution in [3.8, 4) is 0 Å². The number of hydrogen-bond donors (Lipinski definition) is 2. The van der Waals surface area contributed by atoms with Crippen molar-refractivity contribution >= 4 is 19.5 Å². The van der Waals surface area contributed by atoms with Crippen LogP contribution < -0.4 is 0 Å². The Morgan fingerprint density at radius 2 is 1.68 bits per heavy atom. The third-order valence-electron chi connectivity index (χ3n) is 4.53. The molecule has 2 N–H and O–H groups in total. The molecule has 1 amide bonds. The summed E-state index contributed by atoms with van der Waals surface area (Å²) >= 11 is 0. The fraction of sp³-hybridized carbons (Fsp3) is 0.857. The number of ether oxygens (including phenoxy) is 1. The van der Waals surface area contributed by atoms with Crippen LogP contribution in [0.15, 0.2) is 0 Å². The van der Waals surface area contributed by atoms with Crippen LogP contribution in [0, 0.1) is 5.92 Å². The van der Waals surface area contributed by atoms with Crippen molar-refractivity contribution in [2.45, 2.75) is 51.6 Å². The molecule has 0 atom stereocenters. The molecule has 1 rings (SSSR count). The molecule has 0 aromatic rings. The lowest BCUT2D eigenvalue weighted by Gasteiger charge is -2.39. The molecular formula is C14H26NO6P. The summed E-state index contributed by atoms with van der Waals surface area (Å²) < 4.78 is 16.8. The van der Waals surface area contributed by atoms with Crippen LogP contribution in [0.3, 0.4) is 0 Å². The molecule has 0 unspecified atom stereocenters. The van der Waals surface area contributed by atoms with E-state index in [1.54, 1.807) is 20.8 Å². The quantitative estimate of drug-likeness (QED) is 0.563. The minimum atomic E-state index is -4.56. The van der Waals surface area contributed by atoms with Gasteiger partial charge in [0.2, 0.25) is 5.91 Å². The van der Waals surface area contributed by atoms with E-state index in [1.807, 2.05) is 0 Å². The molecule has 0 spiro atoms. The first-order valence-electron chi connectivity index (χ1n) is 7.75. The van der Waals surface area contributed by atoms with Crippen LogP contribution in [-0.2, 0) is 18.9 Å². The zero-order valence-corrected chi connectivity index (χ0v) is 14.3. The van der Waals surface area contributed by atoms with Gasteiger partial charge in [-0.15, -0.1) is 0 Å². The Bertz CT molecular complexity index is 448. The lowest BCUT2D eigenvalue weighted by atomic mass is 9.94. The SMILES string of the molecule is CCOC(=O)C1CCN(C(=O)C(CC)(CC)P(=O)(O)O)CC1. The van der Waals surface area contributed by atoms with E-state index in [1.165, 1.54) is 4.90 Å². The second kappa shape index (κ2) is 7.57. The second-order valence-corrected chi connectivity index (χ2v) is 7.55. The normalized spacial score (nSPS) is 17.4. The number of amides is 1. The molecule has 7 nitrogen and oxygen atoms in total. The predicted octanol–water partition coefficient (Wildman–Crippen LogP) is 1.52. The van der Waals surface area contributed by atoms with Gasteiger partial charge in [0.25, 0.3) is 0 Å². The predicted molar refractivity (Wildman–Crippen MR) is 81.3 cm³/mol. The van der Waals surface area contributed by atoms with Gasteiger partial charge in [0.05, 0.1) is 12.5 Å². The maximum absolute atomic E-state index is 12.6. The number of carbonyl (C=O) groups is 2. The first-order valence-corrected chi connectivity index (χ1v) is 9.36. The van der Waals surface area contributed by atoms with Crippen molar-refractivity contribution in [1.29, 1.82) is 0 Å². The topological polar surface area (TPSA) is 104 Å². The summed E-state index contributed by atoms with van der Waals surface area (Å²) in [5.74, 6) is -1.01. The van der Waals surface area contributed by atoms with Crippen molar-refractivity contribution in [2.24, 2.45) is 5.92 Å². The van der Waals surface area contributed by atoms with E-state index in [-0.39, 0.29) is 24.7 Å². The fourth-order valence-corrected chi connectivity index (χ4v) is 4.18. The van der Waals surface area contributed by atoms with Crippen LogP contribution >= 0.6 is 7.60 Å². The molecule has 22 heavy (non-hydrogen) atoms. The lowest BCUT2D eigenvalue weighted by Crippen LogP contribution is -2.51. The van der Waals surface area contributed by atoms with Crippen LogP contribution in [0.5, 0.6) is 0 Å². The number of nitrogens with zero attached hydrogens (tertiary/aromatic N) is 1. The van der Waals surface area contributed by atoms with Gasteiger partial charge in [-0.05, 0) is 32.6 Å². The van der Waals surface area contributed by atoms with Crippen LogP contribution in [0.2, 0.25) is 0 Å². The molecule has 1 fully saturated rings. The first-order chi connectivity index (χ1) is 10.2. The molecule has 1 saturated heterocycles. The minimum Gasteiger partial charge on any atom is -0.466 e. The van der Waals surface area contributed by atoms with Gasteiger partial charge < -0.3 is 19.4 Å². The number of carbonyl (C=O) groups excluding carboxylic acids is 2. The van der Waals surface area contributed by atoms with Crippen molar-refractivity contribution in [3.05, 3.63) is 0 Å². The number of piperidine rings is 1. The van der Waals surface area contributed by atoms with E-state index < -0.39 is 18.7 Å². The molecule has 1 aliphatic heterocycles. The molecule has 0 radical (unpaired) electrons. The Morgan fingerprint density at radius 1 is 1.18 bits per heavy atom. The highest BCUT2D eigenvalue weighted by atomic mass is 31.2. The third-order valence-corrected chi connectivity index (χ3v) is 6.47. The van der Waals surface area contributed by atoms with Gasteiger partial charge in [-0.25, -0.2) is 0 Å². The fourth-order valence-electron chi connectivity index (χ4n) is 2.96. The maximum atomic E-state index is 12.6. The Balaban J connectivity index is 2.80. The van der Waals surface area contributed by atoms with Crippen molar-refractivity contribution in [1.82, 2.24) is 4.90 Å². The van der Waals surface area contributed by atoms with Gasteiger partial charge in [0.1, 0.15) is 5.16 Å². The molecular weight excluding hydrogens is 309 g/mol. The van der Waals surface area contributed by atoms with E-state index >= 15 is 0 Å². The highest BCUT2D eigenvalue weighted by Crippen LogP contribution is 2.55. The molecule has 128 valence electrons. The summed E-state index contributed by atoms with van der Waals surface area (Å²) in [5.41, 5.74) is 0. The highest BCUT2D eigenvalue weighted by Gasteiger charge is 2.52. The smallest absolute Gasteiger partial charge is 0.340 e. The summed E-state index contributed by atoms with van der Waals surface area (Å²) in [7, 11) is -4.56. The Labute approximate surface area is 131 Å². The Kier molecular flexibility index (Phi) is 6.59. The molecule has 0 aromatic heterocycles. The second-order valence-electron chi connectivity index (χ2n) is 5.60. The average Bonchev–Trinajstić information content (AvgIpc) is 2.48. The van der Waals surface area contributed by atoms with Gasteiger partial charge in [-0.3, -0.25) is 14.2 Å². The molecule has 0 saturated carbocycles. The zero-order chi connectivity index (χ0) is 17.0. The molecule has 0 aromatic carbocycles. The van der Waals surface area contributed by atoms with Gasteiger partial charge in [-0.1, -0.05) is 13.8 Å². The highest BCUT2D eigenvalue weighted by molar-refractivity contribution is 7.54. The molecule has 0 aliphatic carbocycles. The van der Waals surface area contributed by atoms with E-state index in [2.05, 4.69) is 0 Å². The summed E-state index contributed by atoms with van der Waals surface area (Å²) in [6.45, 7) is 5.95. The summed E-state index contributed by atoms with van der Waals surface area (Å²) in [5, 5.41) is -1.65. The number of rotatable bonds is 6. The number of hydrogen-bond acceptors (Lipinski definition) is 4. The van der Waals surface area contributed by atoms with Crippen LogP contribution in [-0.4, -0.2) is 51.4 Å². The van der Waals surface area contributed by atoms with Gasteiger partial charge in [0, 0.05) is 13.1 Å². The van der Waals surface area contributed by atoms with Crippen LogP contribution in [0.1, 0.15) is 46.5 Å².